The van der Waals surface area contributed by atoms with E-state index in [1.165, 1.54) is 24.3 Å². The van der Waals surface area contributed by atoms with Gasteiger partial charge in [0.1, 0.15) is 0 Å². The largest absolute Gasteiger partial charge is 0.359 e. The van der Waals surface area contributed by atoms with Gasteiger partial charge in [-0.3, -0.25) is 45.1 Å². The Labute approximate surface area is 196 Å². The summed E-state index contributed by atoms with van der Waals surface area (Å²) in [6.07, 6.45) is 0. The number of nitrogens with one attached hydrogen (secondary N) is 2. The monoisotopic (exact) mass is 498 g/mol. The zero-order valence-electron chi connectivity index (χ0n) is 17.4. The summed E-state index contributed by atoms with van der Waals surface area (Å²) < 4.78 is 4.46. The summed E-state index contributed by atoms with van der Waals surface area (Å²) in [5.41, 5.74) is -5.89. The van der Waals surface area contributed by atoms with Crippen LogP contribution in [-0.2, 0) is 0 Å². The van der Waals surface area contributed by atoms with Crippen molar-refractivity contribution in [1.82, 2.24) is 5.16 Å². The summed E-state index contributed by atoms with van der Waals surface area (Å²) >= 11 is 0. The molecule has 0 saturated heterocycles. The minimum absolute atomic E-state index is 0.0517. The van der Waals surface area contributed by atoms with E-state index >= 15 is 0 Å². The maximum atomic E-state index is 12.3. The number of hydrogen-bond donors (Lipinski definition) is 2. The molecule has 0 radical (unpaired) electrons. The van der Waals surface area contributed by atoms with E-state index in [1.54, 1.807) is 0 Å². The van der Waals surface area contributed by atoms with Gasteiger partial charge < -0.3 is 15.8 Å². The number of anilines is 4. The van der Waals surface area contributed by atoms with E-state index in [0.717, 1.165) is 24.3 Å². The molecule has 0 aliphatic carbocycles. The molecule has 182 valence electrons. The Kier molecular flexibility index (Phi) is 5.66. The lowest BCUT2D eigenvalue weighted by molar-refractivity contribution is -0.783. The summed E-state index contributed by atoms with van der Waals surface area (Å²) in [6.45, 7) is 0. The second-order valence-corrected chi connectivity index (χ2v) is 6.95. The van der Waals surface area contributed by atoms with E-state index in [0.29, 0.717) is 0 Å². The predicted octanol–water partition coefficient (Wildman–Crippen LogP) is 3.58. The first-order chi connectivity index (χ1) is 17.1. The SMILES string of the molecule is O=[N+]([O-])c1cccc(Nc2c([N+](=O)[O-])c(Nc3cccc([N+](=O)[O-])c3)c3no[n+]([O-])c3c2[N+](=O)[O-])c1. The Morgan fingerprint density at radius 2 is 1.22 bits per heavy atom. The fourth-order valence-corrected chi connectivity index (χ4v) is 3.36. The Hall–Kier alpha value is -5.94. The van der Waals surface area contributed by atoms with Crippen LogP contribution in [0.1, 0.15) is 0 Å². The normalized spacial score (nSPS) is 10.7. The molecule has 1 heterocycles. The molecule has 0 saturated carbocycles. The summed E-state index contributed by atoms with van der Waals surface area (Å²) in [5, 5.41) is 66.9. The zero-order chi connectivity index (χ0) is 26.1. The lowest BCUT2D eigenvalue weighted by Gasteiger charge is -2.12. The molecule has 0 aliphatic rings. The van der Waals surface area contributed by atoms with Crippen LogP contribution in [0.4, 0.5) is 45.5 Å². The fraction of sp³-hybridized carbons (Fsp3) is 0. The summed E-state index contributed by atoms with van der Waals surface area (Å²) in [6, 6.07) is 9.32. The maximum Gasteiger partial charge on any atom is 0.355 e. The van der Waals surface area contributed by atoms with Gasteiger partial charge in [-0.1, -0.05) is 12.1 Å². The second-order valence-electron chi connectivity index (χ2n) is 6.95. The van der Waals surface area contributed by atoms with Crippen molar-refractivity contribution < 1.29 is 29.2 Å². The Morgan fingerprint density at radius 1 is 0.722 bits per heavy atom. The van der Waals surface area contributed by atoms with Crippen LogP contribution in [0.3, 0.4) is 0 Å². The first-order valence-corrected chi connectivity index (χ1v) is 9.49. The third-order valence-corrected chi connectivity index (χ3v) is 4.80. The maximum absolute atomic E-state index is 12.3. The molecule has 4 rings (SSSR count). The molecule has 0 unspecified atom stereocenters. The van der Waals surface area contributed by atoms with Gasteiger partial charge in [-0.15, -0.1) is 0 Å². The molecule has 2 N–H and O–H groups in total. The number of hydrogen-bond acceptors (Lipinski definition) is 13. The first kappa shape index (κ1) is 23.2. The number of nitro benzene ring substituents is 4. The highest BCUT2D eigenvalue weighted by atomic mass is 16.8. The van der Waals surface area contributed by atoms with Crippen molar-refractivity contribution in [3.8, 4) is 0 Å². The number of nitro groups is 4. The molecule has 0 spiro atoms. The van der Waals surface area contributed by atoms with Crippen molar-refractivity contribution in [3.63, 3.8) is 0 Å². The summed E-state index contributed by atoms with van der Waals surface area (Å²) in [4.78, 5) is 42.4. The number of nitrogens with zero attached hydrogens (tertiary/aromatic N) is 6. The highest BCUT2D eigenvalue weighted by Gasteiger charge is 2.41. The predicted molar refractivity (Wildman–Crippen MR) is 119 cm³/mol. The second kappa shape index (κ2) is 8.78. The molecular weight excluding hydrogens is 488 g/mol. The number of benzene rings is 3. The van der Waals surface area contributed by atoms with Crippen LogP contribution in [-0.4, -0.2) is 24.8 Å². The van der Waals surface area contributed by atoms with E-state index in [4.69, 9.17) is 0 Å². The minimum atomic E-state index is -1.09. The molecule has 0 aliphatic heterocycles. The van der Waals surface area contributed by atoms with Gasteiger partial charge in [0.25, 0.3) is 16.9 Å². The highest BCUT2D eigenvalue weighted by molar-refractivity contribution is 6.07. The van der Waals surface area contributed by atoms with Crippen molar-refractivity contribution in [2.75, 3.05) is 10.6 Å². The number of aromatic nitrogens is 2. The molecule has 0 bridgehead atoms. The van der Waals surface area contributed by atoms with Gasteiger partial charge in [0.05, 0.1) is 19.7 Å². The van der Waals surface area contributed by atoms with E-state index < -0.39 is 59.2 Å². The molecule has 18 heteroatoms. The minimum Gasteiger partial charge on any atom is -0.359 e. The first-order valence-electron chi connectivity index (χ1n) is 9.49. The third-order valence-electron chi connectivity index (χ3n) is 4.80. The quantitative estimate of drug-likeness (QED) is 0.200. The molecule has 36 heavy (non-hydrogen) atoms. The van der Waals surface area contributed by atoms with Crippen molar-refractivity contribution in [1.29, 1.82) is 0 Å². The van der Waals surface area contributed by atoms with Gasteiger partial charge in [-0.2, -0.15) is 0 Å². The molecule has 0 fully saturated rings. The van der Waals surface area contributed by atoms with Crippen molar-refractivity contribution >= 4 is 56.5 Å². The molecular formula is C18H10N8O10. The third kappa shape index (κ3) is 4.07. The number of fused-ring (bicyclic) bond motifs is 1. The Bertz CT molecular complexity index is 1580. The molecule has 1 aromatic heterocycles. The topological polar surface area (TPSA) is 250 Å². The smallest absolute Gasteiger partial charge is 0.355 e. The van der Waals surface area contributed by atoms with Gasteiger partial charge in [0.2, 0.25) is 5.69 Å². The summed E-state index contributed by atoms with van der Waals surface area (Å²) in [5.74, 6) is 0. The van der Waals surface area contributed by atoms with E-state index in [9.17, 15) is 45.7 Å². The van der Waals surface area contributed by atoms with Crippen LogP contribution in [0.2, 0.25) is 0 Å². The average molecular weight is 498 g/mol. The summed E-state index contributed by atoms with van der Waals surface area (Å²) in [7, 11) is 0. The molecule has 4 aromatic rings. The van der Waals surface area contributed by atoms with Gasteiger partial charge in [0.15, 0.2) is 5.69 Å². The van der Waals surface area contributed by atoms with Crippen LogP contribution < -0.4 is 15.5 Å². The van der Waals surface area contributed by atoms with E-state index in [1.807, 2.05) is 0 Å². The molecule has 3 aromatic carbocycles. The highest BCUT2D eigenvalue weighted by Crippen LogP contribution is 2.48. The standard InChI is InChI=1S/C18H10N8O10/c27-22(28)11-5-1-3-9(7-11)19-13-14-18(26(35)36-21-14)17(25(33)34)15(16(13)24(31)32)20-10-4-2-6-12(8-10)23(29)30/h1-8,19-20H. The van der Waals surface area contributed by atoms with Crippen LogP contribution in [0, 0.1) is 45.7 Å². The Balaban J connectivity index is 2.02. The van der Waals surface area contributed by atoms with Crippen molar-refractivity contribution in [2.45, 2.75) is 0 Å². The van der Waals surface area contributed by atoms with E-state index in [2.05, 4.69) is 20.4 Å². The fourth-order valence-electron chi connectivity index (χ4n) is 3.36. The molecule has 0 amide bonds. The van der Waals surface area contributed by atoms with Gasteiger partial charge >= 0.3 is 16.9 Å². The number of non-ortho nitro benzene ring substituents is 2. The molecule has 18 nitrogen and oxygen atoms in total. The van der Waals surface area contributed by atoms with Gasteiger partial charge in [-0.25, -0.2) is 0 Å². The Morgan fingerprint density at radius 3 is 1.69 bits per heavy atom. The van der Waals surface area contributed by atoms with Gasteiger partial charge in [0, 0.05) is 40.8 Å². The zero-order valence-corrected chi connectivity index (χ0v) is 17.4. The lowest BCUT2D eigenvalue weighted by atomic mass is 10.1. The van der Waals surface area contributed by atoms with Crippen molar-refractivity contribution in [3.05, 3.63) is 94.2 Å². The van der Waals surface area contributed by atoms with Crippen LogP contribution in [0.5, 0.6) is 0 Å². The van der Waals surface area contributed by atoms with Crippen LogP contribution in [0.15, 0.2) is 53.2 Å². The molecule has 0 atom stereocenters. The average Bonchev–Trinajstić information content (AvgIpc) is 3.20. The number of rotatable bonds is 8. The van der Waals surface area contributed by atoms with Crippen LogP contribution in [0.25, 0.3) is 11.0 Å². The van der Waals surface area contributed by atoms with Crippen molar-refractivity contribution in [2.24, 2.45) is 0 Å². The van der Waals surface area contributed by atoms with E-state index in [-0.39, 0.29) is 22.0 Å². The van der Waals surface area contributed by atoms with Crippen LogP contribution >= 0.6 is 0 Å². The van der Waals surface area contributed by atoms with Gasteiger partial charge in [-0.05, 0) is 17.0 Å². The lowest BCUT2D eigenvalue weighted by Crippen LogP contribution is -2.24.